The fourth-order valence-corrected chi connectivity index (χ4v) is 8.50. The van der Waals surface area contributed by atoms with E-state index in [1.165, 1.54) is 4.31 Å². The Balaban J connectivity index is 1.81. The van der Waals surface area contributed by atoms with Gasteiger partial charge in [0, 0.05) is 11.7 Å². The van der Waals surface area contributed by atoms with E-state index in [9.17, 15) is 16.8 Å². The second-order valence-electron chi connectivity index (χ2n) is 8.82. The molecule has 1 saturated heterocycles. The zero-order chi connectivity index (χ0) is 22.8. The van der Waals surface area contributed by atoms with Crippen molar-refractivity contribution in [2.75, 3.05) is 0 Å². The van der Waals surface area contributed by atoms with Crippen molar-refractivity contribution in [1.29, 1.82) is 0 Å². The maximum absolute atomic E-state index is 13.8. The van der Waals surface area contributed by atoms with Crippen molar-refractivity contribution >= 4 is 19.9 Å². The van der Waals surface area contributed by atoms with E-state index in [4.69, 9.17) is 0 Å². The summed E-state index contributed by atoms with van der Waals surface area (Å²) in [5.41, 5.74) is 1.41. The molecule has 4 rings (SSSR count). The van der Waals surface area contributed by atoms with E-state index in [1.807, 2.05) is 13.0 Å². The SMILES string of the molecule is Cc1ccc(S(=O)(=O)N2C3=CC[C@@H]2CCCCCCC[C@@H]3S(=O)(=O)c2ccccc2)cc1. The minimum Gasteiger partial charge on any atom is -0.266 e. The second-order valence-corrected chi connectivity index (χ2v) is 12.8. The first-order chi connectivity index (χ1) is 15.3. The Bertz CT molecular complexity index is 1170. The lowest BCUT2D eigenvalue weighted by molar-refractivity contribution is 0.368. The van der Waals surface area contributed by atoms with Crippen molar-refractivity contribution in [2.45, 2.75) is 79.4 Å². The van der Waals surface area contributed by atoms with Gasteiger partial charge < -0.3 is 0 Å². The van der Waals surface area contributed by atoms with Crippen LogP contribution in [0.2, 0.25) is 0 Å². The van der Waals surface area contributed by atoms with E-state index in [2.05, 4.69) is 0 Å². The first-order valence-electron chi connectivity index (χ1n) is 11.4. The van der Waals surface area contributed by atoms with E-state index >= 15 is 0 Å². The number of sulfone groups is 1. The molecule has 2 aliphatic heterocycles. The number of rotatable bonds is 4. The summed E-state index contributed by atoms with van der Waals surface area (Å²) in [6, 6.07) is 15.0. The molecular weight excluding hydrogens is 442 g/mol. The predicted molar refractivity (Wildman–Crippen MR) is 126 cm³/mol. The van der Waals surface area contributed by atoms with Crippen molar-refractivity contribution in [2.24, 2.45) is 0 Å². The molecule has 0 saturated carbocycles. The van der Waals surface area contributed by atoms with Gasteiger partial charge in [-0.15, -0.1) is 0 Å². The van der Waals surface area contributed by atoms with E-state index in [-0.39, 0.29) is 15.8 Å². The van der Waals surface area contributed by atoms with Crippen molar-refractivity contribution in [1.82, 2.24) is 4.31 Å². The molecule has 0 spiro atoms. The summed E-state index contributed by atoms with van der Waals surface area (Å²) in [5, 5.41) is -0.867. The zero-order valence-corrected chi connectivity index (χ0v) is 20.1. The van der Waals surface area contributed by atoms with E-state index in [0.717, 1.165) is 44.1 Å². The molecule has 5 nitrogen and oxygen atoms in total. The Labute approximate surface area is 192 Å². The molecule has 1 fully saturated rings. The summed E-state index contributed by atoms with van der Waals surface area (Å²) in [4.78, 5) is 0.462. The summed E-state index contributed by atoms with van der Waals surface area (Å²) in [6.45, 7) is 1.92. The van der Waals surface area contributed by atoms with Crippen LogP contribution < -0.4 is 0 Å². The molecule has 0 aliphatic carbocycles. The minimum absolute atomic E-state index is 0.214. The first-order valence-corrected chi connectivity index (χ1v) is 14.4. The summed E-state index contributed by atoms with van der Waals surface area (Å²) >= 11 is 0. The molecular formula is C25H31NO4S2. The molecule has 0 radical (unpaired) electrons. The third kappa shape index (κ3) is 4.50. The predicted octanol–water partition coefficient (Wildman–Crippen LogP) is 5.23. The van der Waals surface area contributed by atoms with Crippen LogP contribution in [0.4, 0.5) is 0 Å². The van der Waals surface area contributed by atoms with Crippen molar-refractivity contribution in [3.63, 3.8) is 0 Å². The molecule has 2 aliphatic rings. The molecule has 0 amide bonds. The van der Waals surface area contributed by atoms with Gasteiger partial charge in [0.15, 0.2) is 9.84 Å². The maximum atomic E-state index is 13.8. The Morgan fingerprint density at radius 2 is 1.38 bits per heavy atom. The van der Waals surface area contributed by atoms with Crippen LogP contribution in [-0.4, -0.2) is 32.4 Å². The molecule has 0 unspecified atom stereocenters. The highest BCUT2D eigenvalue weighted by molar-refractivity contribution is 7.92. The fraction of sp³-hybridized carbons (Fsp3) is 0.440. The zero-order valence-electron chi connectivity index (χ0n) is 18.5. The van der Waals surface area contributed by atoms with Crippen LogP contribution in [0.25, 0.3) is 0 Å². The average molecular weight is 474 g/mol. The number of benzene rings is 2. The van der Waals surface area contributed by atoms with Crippen molar-refractivity contribution in [3.05, 3.63) is 71.9 Å². The van der Waals surface area contributed by atoms with Crippen LogP contribution in [0.15, 0.2) is 76.2 Å². The van der Waals surface area contributed by atoms with E-state index in [1.54, 1.807) is 54.6 Å². The lowest BCUT2D eigenvalue weighted by Crippen LogP contribution is -2.41. The summed E-state index contributed by atoms with van der Waals surface area (Å²) < 4.78 is 56.5. The summed E-state index contributed by atoms with van der Waals surface area (Å²) in [7, 11) is -7.60. The minimum atomic E-state index is -3.87. The topological polar surface area (TPSA) is 71.5 Å². The molecule has 2 heterocycles. The molecule has 2 aromatic rings. The third-order valence-electron chi connectivity index (χ3n) is 6.54. The average Bonchev–Trinajstić information content (AvgIpc) is 3.18. The van der Waals surface area contributed by atoms with Crippen LogP contribution in [0.3, 0.4) is 0 Å². The molecule has 2 bridgehead atoms. The lowest BCUT2D eigenvalue weighted by Gasteiger charge is -2.32. The number of sulfonamides is 1. The number of nitrogens with zero attached hydrogens (tertiary/aromatic N) is 1. The first kappa shape index (κ1) is 23.1. The van der Waals surface area contributed by atoms with E-state index < -0.39 is 25.1 Å². The van der Waals surface area contributed by atoms with Crippen LogP contribution in [-0.2, 0) is 19.9 Å². The normalized spacial score (nSPS) is 22.8. The fourth-order valence-electron chi connectivity index (χ4n) is 4.80. The molecule has 7 heteroatoms. The molecule has 0 aromatic heterocycles. The van der Waals surface area contributed by atoms with Crippen molar-refractivity contribution in [3.8, 4) is 0 Å². The van der Waals surface area contributed by atoms with Crippen LogP contribution in [0.1, 0.15) is 56.9 Å². The van der Waals surface area contributed by atoms with Gasteiger partial charge in [0.1, 0.15) is 5.25 Å². The Kier molecular flexibility index (Phi) is 6.77. The van der Waals surface area contributed by atoms with Gasteiger partial charge in [0.2, 0.25) is 0 Å². The van der Waals surface area contributed by atoms with Gasteiger partial charge in [-0.1, -0.05) is 74.1 Å². The molecule has 2 aromatic carbocycles. The van der Waals surface area contributed by atoms with Gasteiger partial charge in [0.25, 0.3) is 10.0 Å². The molecule has 0 N–H and O–H groups in total. The largest absolute Gasteiger partial charge is 0.266 e. The number of fused-ring (bicyclic) bond motifs is 2. The monoisotopic (exact) mass is 473 g/mol. The van der Waals surface area contributed by atoms with Crippen LogP contribution in [0.5, 0.6) is 0 Å². The highest BCUT2D eigenvalue weighted by atomic mass is 32.2. The smallest absolute Gasteiger partial charge is 0.264 e. The number of hydrogen-bond acceptors (Lipinski definition) is 4. The van der Waals surface area contributed by atoms with Gasteiger partial charge in [-0.25, -0.2) is 16.8 Å². The third-order valence-corrected chi connectivity index (χ3v) is 10.6. The Morgan fingerprint density at radius 1 is 0.750 bits per heavy atom. The summed E-state index contributed by atoms with van der Waals surface area (Å²) in [6.07, 6.45) is 8.35. The van der Waals surface area contributed by atoms with E-state index in [0.29, 0.717) is 18.5 Å². The number of aryl methyl sites for hydroxylation is 1. The molecule has 32 heavy (non-hydrogen) atoms. The highest BCUT2D eigenvalue weighted by Gasteiger charge is 2.43. The van der Waals surface area contributed by atoms with Gasteiger partial charge >= 0.3 is 0 Å². The Hall–Kier alpha value is -2.12. The summed E-state index contributed by atoms with van der Waals surface area (Å²) in [5.74, 6) is 0. The van der Waals surface area contributed by atoms with Crippen LogP contribution >= 0.6 is 0 Å². The van der Waals surface area contributed by atoms with Gasteiger partial charge in [0.05, 0.1) is 9.79 Å². The lowest BCUT2D eigenvalue weighted by atomic mass is 10.0. The number of hydrogen-bond donors (Lipinski definition) is 0. The molecule has 172 valence electrons. The van der Waals surface area contributed by atoms with Gasteiger partial charge in [-0.3, -0.25) is 4.31 Å². The second kappa shape index (κ2) is 9.40. The van der Waals surface area contributed by atoms with Gasteiger partial charge in [-0.2, -0.15) is 0 Å². The standard InChI is InChI=1S/C25H31NO4S2/c1-20-14-17-23(18-15-20)32(29,30)26-21-10-6-3-2-4-9-13-25(24(26)19-16-21)31(27,28)22-11-7-5-8-12-22/h5,7-8,11-12,14-15,17-19,21,25H,2-4,6,9-10,13,16H2,1H3/t21-,25-/m0/s1. The quantitative estimate of drug-likeness (QED) is 0.610. The van der Waals surface area contributed by atoms with Gasteiger partial charge in [-0.05, 0) is 50.5 Å². The molecule has 2 atom stereocenters. The Morgan fingerprint density at radius 3 is 2.06 bits per heavy atom. The van der Waals surface area contributed by atoms with Crippen LogP contribution in [0, 0.1) is 6.92 Å². The highest BCUT2D eigenvalue weighted by Crippen LogP contribution is 2.39. The van der Waals surface area contributed by atoms with Crippen molar-refractivity contribution < 1.29 is 16.8 Å². The maximum Gasteiger partial charge on any atom is 0.264 e.